The zero-order valence-electron chi connectivity index (χ0n) is 8.64. The van der Waals surface area contributed by atoms with Crippen molar-refractivity contribution < 1.29 is 9.53 Å². The molecule has 1 saturated carbocycles. The van der Waals surface area contributed by atoms with E-state index in [-0.39, 0.29) is 11.8 Å². The Balaban J connectivity index is 2.02. The van der Waals surface area contributed by atoms with Gasteiger partial charge in [-0.05, 0) is 25.0 Å². The molecule has 3 nitrogen and oxygen atoms in total. The van der Waals surface area contributed by atoms with Gasteiger partial charge in [-0.25, -0.2) is 0 Å². The van der Waals surface area contributed by atoms with Crippen molar-refractivity contribution in [3.05, 3.63) is 24.3 Å². The lowest BCUT2D eigenvalue weighted by atomic mass is 9.86. The first-order chi connectivity index (χ1) is 7.31. The van der Waals surface area contributed by atoms with Gasteiger partial charge in [-0.1, -0.05) is 12.1 Å². The molecule has 2 heterocycles. The minimum absolute atomic E-state index is 0.268. The van der Waals surface area contributed by atoms with E-state index in [0.29, 0.717) is 6.04 Å². The van der Waals surface area contributed by atoms with Gasteiger partial charge in [0.05, 0.1) is 12.8 Å². The predicted molar refractivity (Wildman–Crippen MR) is 57.0 cm³/mol. The monoisotopic (exact) mass is 203 g/mol. The average Bonchev–Trinajstić information content (AvgIpc) is 2.68. The van der Waals surface area contributed by atoms with E-state index in [9.17, 15) is 4.79 Å². The second-order valence-electron chi connectivity index (χ2n) is 4.20. The standard InChI is InChI=1S/C12H13NO2/c1-15-11-5-3-2-4-10(11)13-9-6-8(7-9)12(13)14/h2-5,8-9H,6-7H2,1H3. The van der Waals surface area contributed by atoms with Gasteiger partial charge in [0, 0.05) is 12.0 Å². The SMILES string of the molecule is COc1ccccc1N1C(=O)C2CC1C2. The van der Waals surface area contributed by atoms with Crippen LogP contribution in [0.5, 0.6) is 5.75 Å². The third kappa shape index (κ3) is 1.09. The van der Waals surface area contributed by atoms with Gasteiger partial charge >= 0.3 is 0 Å². The van der Waals surface area contributed by atoms with Crippen molar-refractivity contribution in [1.82, 2.24) is 0 Å². The van der Waals surface area contributed by atoms with Gasteiger partial charge in [0.15, 0.2) is 0 Å². The Labute approximate surface area is 88.6 Å². The number of carbonyl (C=O) groups is 1. The Morgan fingerprint density at radius 2 is 2.07 bits per heavy atom. The number of para-hydroxylation sites is 2. The third-order valence-corrected chi connectivity index (χ3v) is 3.41. The molecule has 0 aromatic heterocycles. The lowest BCUT2D eigenvalue weighted by molar-refractivity contribution is -0.119. The van der Waals surface area contributed by atoms with Crippen LogP contribution in [-0.4, -0.2) is 19.1 Å². The van der Waals surface area contributed by atoms with Gasteiger partial charge in [0.25, 0.3) is 0 Å². The number of carbonyl (C=O) groups excluding carboxylic acids is 1. The van der Waals surface area contributed by atoms with Gasteiger partial charge in [0.1, 0.15) is 5.75 Å². The zero-order valence-corrected chi connectivity index (χ0v) is 8.64. The van der Waals surface area contributed by atoms with Crippen LogP contribution in [0, 0.1) is 5.92 Å². The normalized spacial score (nSPS) is 27.8. The summed E-state index contributed by atoms with van der Waals surface area (Å²) in [6.45, 7) is 0. The van der Waals surface area contributed by atoms with Crippen molar-refractivity contribution in [3.8, 4) is 5.75 Å². The highest BCUT2D eigenvalue weighted by Crippen LogP contribution is 2.46. The van der Waals surface area contributed by atoms with Crippen LogP contribution in [-0.2, 0) is 4.79 Å². The van der Waals surface area contributed by atoms with Crippen LogP contribution in [0.15, 0.2) is 24.3 Å². The first kappa shape index (κ1) is 8.77. The molecule has 1 aromatic carbocycles. The van der Waals surface area contributed by atoms with E-state index in [2.05, 4.69) is 0 Å². The summed E-state index contributed by atoms with van der Waals surface area (Å²) in [5, 5.41) is 0. The van der Waals surface area contributed by atoms with Gasteiger partial charge in [-0.2, -0.15) is 0 Å². The molecule has 3 fully saturated rings. The molecular formula is C12H13NO2. The molecule has 2 saturated heterocycles. The molecule has 0 spiro atoms. The minimum atomic E-state index is 0.268. The quantitative estimate of drug-likeness (QED) is 0.733. The number of hydrogen-bond acceptors (Lipinski definition) is 2. The fourth-order valence-electron chi connectivity index (χ4n) is 2.52. The molecule has 2 bridgehead atoms. The molecule has 3 heteroatoms. The Bertz CT molecular complexity index is 410. The number of fused-ring (bicyclic) bond motifs is 1. The summed E-state index contributed by atoms with van der Waals surface area (Å²) in [5.41, 5.74) is 0.926. The summed E-state index contributed by atoms with van der Waals surface area (Å²) in [6.07, 6.45) is 2.05. The zero-order chi connectivity index (χ0) is 10.4. The van der Waals surface area contributed by atoms with Crippen molar-refractivity contribution in [1.29, 1.82) is 0 Å². The number of hydrogen-bond donors (Lipinski definition) is 0. The smallest absolute Gasteiger partial charge is 0.230 e. The van der Waals surface area contributed by atoms with Gasteiger partial charge in [-0.3, -0.25) is 4.79 Å². The first-order valence-electron chi connectivity index (χ1n) is 5.27. The van der Waals surface area contributed by atoms with Gasteiger partial charge in [-0.15, -0.1) is 0 Å². The van der Waals surface area contributed by atoms with E-state index in [4.69, 9.17) is 4.74 Å². The highest BCUT2D eigenvalue weighted by Gasteiger charge is 2.50. The fourth-order valence-corrected chi connectivity index (χ4v) is 2.52. The summed E-state index contributed by atoms with van der Waals surface area (Å²) >= 11 is 0. The minimum Gasteiger partial charge on any atom is -0.495 e. The van der Waals surface area contributed by atoms with E-state index in [1.807, 2.05) is 29.2 Å². The van der Waals surface area contributed by atoms with Crippen molar-refractivity contribution in [3.63, 3.8) is 0 Å². The summed E-state index contributed by atoms with van der Waals surface area (Å²) < 4.78 is 5.28. The predicted octanol–water partition coefficient (Wildman–Crippen LogP) is 1.82. The maximum atomic E-state index is 11.9. The number of anilines is 1. The van der Waals surface area contributed by atoms with Gasteiger partial charge in [0.2, 0.25) is 5.91 Å². The Morgan fingerprint density at radius 3 is 2.67 bits per heavy atom. The molecule has 15 heavy (non-hydrogen) atoms. The van der Waals surface area contributed by atoms with E-state index < -0.39 is 0 Å². The fraction of sp³-hybridized carbons (Fsp3) is 0.417. The number of ether oxygens (including phenoxy) is 1. The summed E-state index contributed by atoms with van der Waals surface area (Å²) in [6, 6.07) is 8.14. The average molecular weight is 203 g/mol. The molecule has 3 aliphatic rings. The number of nitrogens with zero attached hydrogens (tertiary/aromatic N) is 1. The van der Waals surface area contributed by atoms with Crippen LogP contribution in [0.3, 0.4) is 0 Å². The molecule has 1 amide bonds. The second kappa shape index (κ2) is 2.99. The maximum absolute atomic E-state index is 11.9. The van der Waals surface area contributed by atoms with E-state index in [1.165, 1.54) is 0 Å². The Kier molecular flexibility index (Phi) is 1.75. The van der Waals surface area contributed by atoms with E-state index >= 15 is 0 Å². The molecule has 0 radical (unpaired) electrons. The number of benzene rings is 1. The third-order valence-electron chi connectivity index (χ3n) is 3.41. The molecule has 1 aliphatic carbocycles. The van der Waals surface area contributed by atoms with Crippen LogP contribution in [0.1, 0.15) is 12.8 Å². The molecule has 4 rings (SSSR count). The Morgan fingerprint density at radius 1 is 1.33 bits per heavy atom. The summed E-state index contributed by atoms with van der Waals surface area (Å²) in [7, 11) is 1.64. The molecular weight excluding hydrogens is 190 g/mol. The number of methoxy groups -OCH3 is 1. The van der Waals surface area contributed by atoms with Crippen molar-refractivity contribution in [2.75, 3.05) is 12.0 Å². The van der Waals surface area contributed by atoms with Crippen LogP contribution in [0.4, 0.5) is 5.69 Å². The van der Waals surface area contributed by atoms with E-state index in [1.54, 1.807) is 7.11 Å². The highest BCUT2D eigenvalue weighted by molar-refractivity contribution is 6.01. The summed E-state index contributed by atoms with van der Waals surface area (Å²) in [4.78, 5) is 13.8. The topological polar surface area (TPSA) is 29.5 Å². The van der Waals surface area contributed by atoms with Crippen LogP contribution < -0.4 is 9.64 Å². The molecule has 78 valence electrons. The molecule has 2 aliphatic heterocycles. The largest absolute Gasteiger partial charge is 0.495 e. The number of amides is 1. The lowest BCUT2D eigenvalue weighted by Gasteiger charge is -2.26. The molecule has 0 unspecified atom stereocenters. The molecule has 0 atom stereocenters. The molecule has 1 aromatic rings. The highest BCUT2D eigenvalue weighted by atomic mass is 16.5. The van der Waals surface area contributed by atoms with Crippen molar-refractivity contribution >= 4 is 11.6 Å². The van der Waals surface area contributed by atoms with Crippen LogP contribution in [0.2, 0.25) is 0 Å². The van der Waals surface area contributed by atoms with Gasteiger partial charge < -0.3 is 9.64 Å². The first-order valence-corrected chi connectivity index (χ1v) is 5.27. The second-order valence-corrected chi connectivity index (χ2v) is 4.20. The van der Waals surface area contributed by atoms with Crippen molar-refractivity contribution in [2.24, 2.45) is 5.92 Å². The number of rotatable bonds is 2. The van der Waals surface area contributed by atoms with Crippen LogP contribution in [0.25, 0.3) is 0 Å². The maximum Gasteiger partial charge on any atom is 0.230 e. The Hall–Kier alpha value is -1.51. The molecule has 0 N–H and O–H groups in total. The van der Waals surface area contributed by atoms with Crippen molar-refractivity contribution in [2.45, 2.75) is 18.9 Å². The van der Waals surface area contributed by atoms with Crippen LogP contribution >= 0.6 is 0 Å². The summed E-state index contributed by atoms with van der Waals surface area (Å²) in [5.74, 6) is 1.34. The van der Waals surface area contributed by atoms with E-state index in [0.717, 1.165) is 24.3 Å². The lowest BCUT2D eigenvalue weighted by Crippen LogP contribution is -2.29.